The minimum Gasteiger partial charge on any atom is -0.497 e. The molecule has 1 fully saturated rings. The van der Waals surface area contributed by atoms with Gasteiger partial charge in [-0.1, -0.05) is 11.6 Å². The molecular formula is C20H22ClN3O5. The summed E-state index contributed by atoms with van der Waals surface area (Å²) >= 11 is 6.07. The van der Waals surface area contributed by atoms with E-state index >= 15 is 0 Å². The van der Waals surface area contributed by atoms with Crippen molar-refractivity contribution >= 4 is 28.9 Å². The van der Waals surface area contributed by atoms with Crippen LogP contribution in [-0.4, -0.2) is 43.0 Å². The SMILES string of the molecule is COc1ccc(OC)c([C@H]2CCCN2CC(=O)Nc2ccc([N+](=O)[O-])cc2Cl)c1. The molecule has 8 nitrogen and oxygen atoms in total. The highest BCUT2D eigenvalue weighted by molar-refractivity contribution is 6.34. The molecule has 0 radical (unpaired) electrons. The van der Waals surface area contributed by atoms with Gasteiger partial charge in [-0.15, -0.1) is 0 Å². The van der Waals surface area contributed by atoms with Gasteiger partial charge in [0.05, 0.1) is 36.4 Å². The van der Waals surface area contributed by atoms with Crippen molar-refractivity contribution in [2.24, 2.45) is 0 Å². The Hall–Kier alpha value is -2.84. The Labute approximate surface area is 173 Å². The molecule has 2 aromatic rings. The smallest absolute Gasteiger partial charge is 0.271 e. The van der Waals surface area contributed by atoms with Crippen LogP contribution in [0.4, 0.5) is 11.4 Å². The van der Waals surface area contributed by atoms with Crippen molar-refractivity contribution in [3.05, 3.63) is 57.1 Å². The monoisotopic (exact) mass is 419 g/mol. The van der Waals surface area contributed by atoms with Gasteiger partial charge in [-0.2, -0.15) is 0 Å². The van der Waals surface area contributed by atoms with Crippen LogP contribution in [0.15, 0.2) is 36.4 Å². The molecule has 0 bridgehead atoms. The molecule has 0 saturated carbocycles. The third kappa shape index (κ3) is 4.78. The van der Waals surface area contributed by atoms with E-state index in [0.717, 1.165) is 36.4 Å². The average molecular weight is 420 g/mol. The molecule has 0 aromatic heterocycles. The predicted octanol–water partition coefficient (Wildman–Crippen LogP) is 4.04. The number of likely N-dealkylation sites (tertiary alicyclic amines) is 1. The van der Waals surface area contributed by atoms with Crippen LogP contribution in [0.25, 0.3) is 0 Å². The molecule has 2 aromatic carbocycles. The van der Waals surface area contributed by atoms with Crippen molar-refractivity contribution in [1.29, 1.82) is 0 Å². The summed E-state index contributed by atoms with van der Waals surface area (Å²) in [6.07, 6.45) is 1.85. The van der Waals surface area contributed by atoms with E-state index in [9.17, 15) is 14.9 Å². The molecule has 1 N–H and O–H groups in total. The molecule has 29 heavy (non-hydrogen) atoms. The maximum absolute atomic E-state index is 12.6. The number of ether oxygens (including phenoxy) is 2. The summed E-state index contributed by atoms with van der Waals surface area (Å²) in [7, 11) is 3.23. The predicted molar refractivity (Wildman–Crippen MR) is 110 cm³/mol. The summed E-state index contributed by atoms with van der Waals surface area (Å²) in [4.78, 5) is 25.0. The number of non-ortho nitro benzene ring substituents is 1. The van der Waals surface area contributed by atoms with Crippen molar-refractivity contribution < 1.29 is 19.2 Å². The molecular weight excluding hydrogens is 398 g/mol. The Balaban J connectivity index is 1.73. The van der Waals surface area contributed by atoms with E-state index in [2.05, 4.69) is 10.2 Å². The van der Waals surface area contributed by atoms with E-state index in [1.165, 1.54) is 18.2 Å². The van der Waals surface area contributed by atoms with Crippen molar-refractivity contribution in [2.75, 3.05) is 32.6 Å². The highest BCUT2D eigenvalue weighted by Crippen LogP contribution is 2.38. The third-order valence-corrected chi connectivity index (χ3v) is 5.26. The van der Waals surface area contributed by atoms with Gasteiger partial charge >= 0.3 is 0 Å². The summed E-state index contributed by atoms with van der Waals surface area (Å²) < 4.78 is 10.8. The molecule has 154 valence electrons. The number of nitrogens with one attached hydrogen (secondary N) is 1. The second kappa shape index (κ2) is 9.11. The largest absolute Gasteiger partial charge is 0.497 e. The fourth-order valence-corrected chi connectivity index (χ4v) is 3.78. The van der Waals surface area contributed by atoms with Gasteiger partial charge in [0, 0.05) is 23.7 Å². The minimum atomic E-state index is -0.534. The lowest BCUT2D eigenvalue weighted by Gasteiger charge is -2.26. The number of carbonyl (C=O) groups excluding carboxylic acids is 1. The van der Waals surface area contributed by atoms with Gasteiger partial charge in [0.25, 0.3) is 5.69 Å². The first-order valence-corrected chi connectivity index (χ1v) is 9.50. The Morgan fingerprint density at radius 3 is 2.72 bits per heavy atom. The lowest BCUT2D eigenvalue weighted by atomic mass is 10.0. The highest BCUT2D eigenvalue weighted by Gasteiger charge is 2.30. The topological polar surface area (TPSA) is 93.9 Å². The van der Waals surface area contributed by atoms with E-state index in [1.807, 2.05) is 18.2 Å². The third-order valence-electron chi connectivity index (χ3n) is 4.94. The van der Waals surface area contributed by atoms with Crippen LogP contribution < -0.4 is 14.8 Å². The minimum absolute atomic E-state index is 0.0260. The Kier molecular flexibility index (Phi) is 6.56. The first kappa shape index (κ1) is 20.9. The zero-order valence-corrected chi connectivity index (χ0v) is 16.9. The van der Waals surface area contributed by atoms with Crippen LogP contribution in [0.3, 0.4) is 0 Å². The Morgan fingerprint density at radius 1 is 1.28 bits per heavy atom. The summed E-state index contributed by atoms with van der Waals surface area (Å²) in [5.41, 5.74) is 1.19. The molecule has 1 heterocycles. The number of hydrogen-bond acceptors (Lipinski definition) is 6. The average Bonchev–Trinajstić information content (AvgIpc) is 3.16. The highest BCUT2D eigenvalue weighted by atomic mass is 35.5. The van der Waals surface area contributed by atoms with E-state index in [-0.39, 0.29) is 29.2 Å². The van der Waals surface area contributed by atoms with E-state index < -0.39 is 4.92 Å². The number of anilines is 1. The van der Waals surface area contributed by atoms with Gasteiger partial charge < -0.3 is 14.8 Å². The van der Waals surface area contributed by atoms with Crippen LogP contribution in [0.2, 0.25) is 5.02 Å². The first-order chi connectivity index (χ1) is 13.9. The normalized spacial score (nSPS) is 16.4. The standard InChI is InChI=1S/C20H22ClN3O5/c1-28-14-6-8-19(29-2)15(11-14)18-4-3-9-23(18)12-20(25)22-17-7-5-13(24(26)27)10-16(17)21/h5-8,10-11,18H,3-4,9,12H2,1-2H3,(H,22,25)/t18-/m1/s1. The second-order valence-electron chi connectivity index (χ2n) is 6.71. The first-order valence-electron chi connectivity index (χ1n) is 9.12. The fourth-order valence-electron chi connectivity index (χ4n) is 3.56. The van der Waals surface area contributed by atoms with Crippen LogP contribution in [0.1, 0.15) is 24.4 Å². The number of halogens is 1. The maximum Gasteiger partial charge on any atom is 0.271 e. The summed E-state index contributed by atoms with van der Waals surface area (Å²) in [6, 6.07) is 9.63. The number of nitro groups is 1. The number of rotatable bonds is 7. The molecule has 9 heteroatoms. The quantitative estimate of drug-likeness (QED) is 0.537. The lowest BCUT2D eigenvalue weighted by molar-refractivity contribution is -0.384. The molecule has 1 atom stereocenters. The molecule has 1 saturated heterocycles. The number of nitrogens with zero attached hydrogens (tertiary/aromatic N) is 2. The van der Waals surface area contributed by atoms with Crippen molar-refractivity contribution in [3.8, 4) is 11.5 Å². The maximum atomic E-state index is 12.6. The van der Waals surface area contributed by atoms with Gasteiger partial charge in [-0.05, 0) is 43.7 Å². The van der Waals surface area contributed by atoms with Gasteiger partial charge in [0.1, 0.15) is 11.5 Å². The molecule has 1 aliphatic rings. The Morgan fingerprint density at radius 2 is 2.07 bits per heavy atom. The van der Waals surface area contributed by atoms with Crippen LogP contribution in [-0.2, 0) is 4.79 Å². The molecule has 0 aliphatic carbocycles. The van der Waals surface area contributed by atoms with Gasteiger partial charge in [0.15, 0.2) is 0 Å². The number of hydrogen-bond donors (Lipinski definition) is 1. The second-order valence-corrected chi connectivity index (χ2v) is 7.11. The van der Waals surface area contributed by atoms with Crippen LogP contribution in [0.5, 0.6) is 11.5 Å². The van der Waals surface area contributed by atoms with Crippen molar-refractivity contribution in [3.63, 3.8) is 0 Å². The van der Waals surface area contributed by atoms with Crippen molar-refractivity contribution in [1.82, 2.24) is 4.90 Å². The van der Waals surface area contributed by atoms with Crippen LogP contribution >= 0.6 is 11.6 Å². The van der Waals surface area contributed by atoms with Crippen LogP contribution in [0, 0.1) is 10.1 Å². The van der Waals surface area contributed by atoms with E-state index in [0.29, 0.717) is 5.69 Å². The summed E-state index contributed by atoms with van der Waals surface area (Å²) in [6.45, 7) is 0.935. The number of amides is 1. The molecule has 0 spiro atoms. The van der Waals surface area contributed by atoms with Gasteiger partial charge in [-0.3, -0.25) is 19.8 Å². The molecule has 1 amide bonds. The summed E-state index contributed by atoms with van der Waals surface area (Å²) in [5.74, 6) is 1.24. The Bertz CT molecular complexity index is 921. The van der Waals surface area contributed by atoms with E-state index in [4.69, 9.17) is 21.1 Å². The zero-order chi connectivity index (χ0) is 21.0. The number of benzene rings is 2. The molecule has 3 rings (SSSR count). The molecule has 1 aliphatic heterocycles. The number of methoxy groups -OCH3 is 2. The number of nitro benzene ring substituents is 1. The number of carbonyl (C=O) groups is 1. The summed E-state index contributed by atoms with van der Waals surface area (Å²) in [5, 5.41) is 13.7. The fraction of sp³-hybridized carbons (Fsp3) is 0.350. The van der Waals surface area contributed by atoms with E-state index in [1.54, 1.807) is 14.2 Å². The molecule has 0 unspecified atom stereocenters. The lowest BCUT2D eigenvalue weighted by Crippen LogP contribution is -2.33. The zero-order valence-electron chi connectivity index (χ0n) is 16.2. The van der Waals surface area contributed by atoms with Gasteiger partial charge in [-0.25, -0.2) is 0 Å². The van der Waals surface area contributed by atoms with Gasteiger partial charge in [0.2, 0.25) is 5.91 Å². The van der Waals surface area contributed by atoms with Crippen molar-refractivity contribution in [2.45, 2.75) is 18.9 Å².